The summed E-state index contributed by atoms with van der Waals surface area (Å²) in [6, 6.07) is 3.16. The Balaban J connectivity index is 2.18. The first kappa shape index (κ1) is 13.8. The number of morpholine rings is 1. The Morgan fingerprint density at radius 2 is 2.47 bits per heavy atom. The van der Waals surface area contributed by atoms with Crippen LogP contribution in [0.5, 0.6) is 0 Å². The number of nitrogens with two attached hydrogens (primary N) is 1. The topological polar surface area (TPSA) is 88.7 Å². The van der Waals surface area contributed by atoms with Crippen LogP contribution in [0.15, 0.2) is 18.3 Å². The monoisotopic (exact) mass is 265 g/mol. The molecular formula is C13H19N3O3. The van der Waals surface area contributed by atoms with Crippen molar-refractivity contribution in [2.24, 2.45) is 5.73 Å². The van der Waals surface area contributed by atoms with Gasteiger partial charge in [0.25, 0.3) is 0 Å². The number of primary amides is 1. The quantitative estimate of drug-likeness (QED) is 0.812. The third-order valence-corrected chi connectivity index (χ3v) is 3.29. The second-order valence-electron chi connectivity index (χ2n) is 4.55. The van der Waals surface area contributed by atoms with Crippen LogP contribution >= 0.6 is 0 Å². The van der Waals surface area contributed by atoms with Crippen molar-refractivity contribution in [1.82, 2.24) is 4.98 Å². The highest BCUT2D eigenvalue weighted by atomic mass is 16.5. The number of rotatable bonds is 4. The second-order valence-corrected chi connectivity index (χ2v) is 4.55. The lowest BCUT2D eigenvalue weighted by molar-refractivity contribution is -0.121. The first-order valence-electron chi connectivity index (χ1n) is 6.41. The van der Waals surface area contributed by atoms with Crippen molar-refractivity contribution in [2.75, 3.05) is 24.7 Å². The third-order valence-electron chi connectivity index (χ3n) is 3.29. The molecule has 2 atom stereocenters. The minimum atomic E-state index is -0.550. The number of carbonyl (C=O) groups is 1. The van der Waals surface area contributed by atoms with Crippen LogP contribution in [-0.2, 0) is 9.53 Å². The lowest BCUT2D eigenvalue weighted by Gasteiger charge is -2.35. The van der Waals surface area contributed by atoms with Gasteiger partial charge in [0.15, 0.2) is 0 Å². The zero-order valence-electron chi connectivity index (χ0n) is 11.0. The Kier molecular flexibility index (Phi) is 4.34. The van der Waals surface area contributed by atoms with Gasteiger partial charge in [0.1, 0.15) is 6.04 Å². The molecule has 0 bridgehead atoms. The minimum absolute atomic E-state index is 0.300. The van der Waals surface area contributed by atoms with Crippen molar-refractivity contribution in [3.63, 3.8) is 0 Å². The van der Waals surface area contributed by atoms with Gasteiger partial charge in [-0.15, -0.1) is 0 Å². The van der Waals surface area contributed by atoms with Crippen LogP contribution in [0.2, 0.25) is 0 Å². The molecule has 3 N–H and O–H groups in total. The molecule has 6 heteroatoms. The van der Waals surface area contributed by atoms with E-state index in [0.29, 0.717) is 31.9 Å². The molecule has 1 saturated heterocycles. The fourth-order valence-corrected chi connectivity index (χ4v) is 2.12. The number of anilines is 1. The van der Waals surface area contributed by atoms with Crippen molar-refractivity contribution >= 4 is 11.6 Å². The van der Waals surface area contributed by atoms with E-state index in [4.69, 9.17) is 10.5 Å². The summed E-state index contributed by atoms with van der Waals surface area (Å²) >= 11 is 0. The Bertz CT molecular complexity index is 435. The number of pyridine rings is 1. The number of nitrogens with zero attached hydrogens (tertiary/aromatic N) is 2. The Labute approximate surface area is 112 Å². The Morgan fingerprint density at radius 3 is 3.05 bits per heavy atom. The van der Waals surface area contributed by atoms with Gasteiger partial charge >= 0.3 is 0 Å². The van der Waals surface area contributed by atoms with E-state index in [1.807, 2.05) is 17.9 Å². The van der Waals surface area contributed by atoms with Gasteiger partial charge in [0.05, 0.1) is 36.9 Å². The molecule has 19 heavy (non-hydrogen) atoms. The van der Waals surface area contributed by atoms with E-state index in [0.717, 1.165) is 5.69 Å². The maximum Gasteiger partial charge on any atom is 0.242 e. The van der Waals surface area contributed by atoms with Gasteiger partial charge in [0, 0.05) is 6.54 Å². The zero-order chi connectivity index (χ0) is 13.8. The third kappa shape index (κ3) is 3.02. The fraction of sp³-hybridized carbons (Fsp3) is 0.538. The predicted octanol–water partition coefficient (Wildman–Crippen LogP) is 0.215. The zero-order valence-corrected chi connectivity index (χ0v) is 11.0. The number of aromatic nitrogens is 1. The van der Waals surface area contributed by atoms with Crippen molar-refractivity contribution in [3.8, 4) is 0 Å². The largest absolute Gasteiger partial charge is 0.387 e. The summed E-state index contributed by atoms with van der Waals surface area (Å²) in [5.41, 5.74) is 6.83. The van der Waals surface area contributed by atoms with Gasteiger partial charge in [-0.2, -0.15) is 0 Å². The van der Waals surface area contributed by atoms with Gasteiger partial charge < -0.3 is 20.5 Å². The molecule has 1 aromatic rings. The summed E-state index contributed by atoms with van der Waals surface area (Å²) in [6.45, 7) is 3.36. The van der Waals surface area contributed by atoms with E-state index in [9.17, 15) is 9.90 Å². The maximum absolute atomic E-state index is 11.4. The molecule has 2 heterocycles. The van der Waals surface area contributed by atoms with Crippen LogP contribution in [0.25, 0.3) is 0 Å². The summed E-state index contributed by atoms with van der Waals surface area (Å²) < 4.78 is 5.27. The molecule has 1 fully saturated rings. The molecule has 0 spiro atoms. The number of amides is 1. The summed E-state index contributed by atoms with van der Waals surface area (Å²) in [5, 5.41) is 9.70. The smallest absolute Gasteiger partial charge is 0.242 e. The van der Waals surface area contributed by atoms with Crippen molar-refractivity contribution in [2.45, 2.75) is 25.5 Å². The van der Waals surface area contributed by atoms with Crippen molar-refractivity contribution < 1.29 is 14.6 Å². The highest BCUT2D eigenvalue weighted by molar-refractivity contribution is 5.84. The number of carbonyl (C=O) groups excluding carboxylic acids is 1. The van der Waals surface area contributed by atoms with Crippen molar-refractivity contribution in [3.05, 3.63) is 24.0 Å². The van der Waals surface area contributed by atoms with Crippen LogP contribution in [0.1, 0.15) is 25.1 Å². The van der Waals surface area contributed by atoms with Gasteiger partial charge in [0.2, 0.25) is 5.91 Å². The van der Waals surface area contributed by atoms with Gasteiger partial charge in [-0.25, -0.2) is 0 Å². The predicted molar refractivity (Wildman–Crippen MR) is 70.6 cm³/mol. The number of hydrogen-bond donors (Lipinski definition) is 2. The standard InChI is InChI=1S/C13H19N3O3/c1-2-12(17)10-4-3-9(7-15-10)16-5-6-19-8-11(16)13(14)18/h3-4,7,11-12,17H,2,5-6,8H2,1H3,(H2,14,18)/t11?,12-/m1/s1. The first-order chi connectivity index (χ1) is 9.13. The lowest BCUT2D eigenvalue weighted by Crippen LogP contribution is -2.52. The molecule has 1 aromatic heterocycles. The van der Waals surface area contributed by atoms with Gasteiger partial charge in [-0.05, 0) is 18.6 Å². The molecule has 1 aliphatic rings. The Morgan fingerprint density at radius 1 is 1.68 bits per heavy atom. The Hall–Kier alpha value is -1.66. The van der Waals surface area contributed by atoms with Crippen LogP contribution in [0.3, 0.4) is 0 Å². The molecule has 6 nitrogen and oxygen atoms in total. The SMILES string of the molecule is CC[C@@H](O)c1ccc(N2CCOCC2C(N)=O)cn1. The molecule has 1 amide bonds. The average Bonchev–Trinajstić information content (AvgIpc) is 2.46. The maximum atomic E-state index is 11.4. The van der Waals surface area contributed by atoms with Crippen LogP contribution in [-0.4, -0.2) is 41.8 Å². The molecule has 1 aliphatic heterocycles. The first-order valence-corrected chi connectivity index (χ1v) is 6.41. The molecule has 1 unspecified atom stereocenters. The van der Waals surface area contributed by atoms with E-state index in [1.165, 1.54) is 0 Å². The van der Waals surface area contributed by atoms with E-state index < -0.39 is 18.1 Å². The molecule has 2 rings (SSSR count). The fourth-order valence-electron chi connectivity index (χ4n) is 2.12. The summed E-state index contributed by atoms with van der Waals surface area (Å²) in [6.07, 6.45) is 1.73. The van der Waals surface area contributed by atoms with Crippen molar-refractivity contribution in [1.29, 1.82) is 0 Å². The van der Waals surface area contributed by atoms with E-state index in [2.05, 4.69) is 4.98 Å². The van der Waals surface area contributed by atoms with Gasteiger partial charge in [-0.3, -0.25) is 9.78 Å². The number of hydrogen-bond acceptors (Lipinski definition) is 5. The molecule has 0 aliphatic carbocycles. The summed E-state index contributed by atoms with van der Waals surface area (Å²) in [4.78, 5) is 17.5. The molecule has 0 aromatic carbocycles. The number of aliphatic hydroxyl groups excluding tert-OH is 1. The summed E-state index contributed by atoms with van der Waals surface area (Å²) in [5.74, 6) is -0.405. The number of ether oxygens (including phenoxy) is 1. The highest BCUT2D eigenvalue weighted by Gasteiger charge is 2.28. The van der Waals surface area contributed by atoms with E-state index in [-0.39, 0.29) is 0 Å². The molecule has 104 valence electrons. The second kappa shape index (κ2) is 5.99. The number of aliphatic hydroxyl groups is 1. The molecular weight excluding hydrogens is 246 g/mol. The average molecular weight is 265 g/mol. The minimum Gasteiger partial charge on any atom is -0.387 e. The molecule has 0 saturated carbocycles. The highest BCUT2D eigenvalue weighted by Crippen LogP contribution is 2.21. The summed E-state index contributed by atoms with van der Waals surface area (Å²) in [7, 11) is 0. The van der Waals surface area contributed by atoms with Crippen LogP contribution in [0, 0.1) is 0 Å². The molecule has 0 radical (unpaired) electrons. The van der Waals surface area contributed by atoms with Crippen LogP contribution in [0.4, 0.5) is 5.69 Å². The van der Waals surface area contributed by atoms with Crippen LogP contribution < -0.4 is 10.6 Å². The van der Waals surface area contributed by atoms with E-state index in [1.54, 1.807) is 12.3 Å². The van der Waals surface area contributed by atoms with E-state index >= 15 is 0 Å². The lowest BCUT2D eigenvalue weighted by atomic mass is 10.1. The normalized spacial score (nSPS) is 21.2. The van der Waals surface area contributed by atoms with Gasteiger partial charge in [-0.1, -0.05) is 6.92 Å².